The lowest BCUT2D eigenvalue weighted by molar-refractivity contribution is -0.384. The summed E-state index contributed by atoms with van der Waals surface area (Å²) in [5.74, 6) is 0.124. The number of hydrogen-bond acceptors (Lipinski definition) is 5. The van der Waals surface area contributed by atoms with E-state index in [1.807, 2.05) is 30.3 Å². The first-order chi connectivity index (χ1) is 12.6. The van der Waals surface area contributed by atoms with E-state index in [2.05, 4.69) is 11.4 Å². The molecule has 0 radical (unpaired) electrons. The molecule has 0 aliphatic carbocycles. The number of nitro groups is 1. The number of nitriles is 1. The van der Waals surface area contributed by atoms with Crippen LogP contribution in [0.3, 0.4) is 0 Å². The lowest BCUT2D eigenvalue weighted by atomic mass is 9.87. The van der Waals surface area contributed by atoms with Gasteiger partial charge in [0.25, 0.3) is 5.69 Å². The zero-order valence-corrected chi connectivity index (χ0v) is 14.5. The molecule has 0 fully saturated rings. The van der Waals surface area contributed by atoms with Gasteiger partial charge in [0, 0.05) is 30.2 Å². The van der Waals surface area contributed by atoms with Crippen LogP contribution in [0.5, 0.6) is 0 Å². The van der Waals surface area contributed by atoms with Crippen molar-refractivity contribution in [1.29, 1.82) is 5.26 Å². The van der Waals surface area contributed by atoms with E-state index < -0.39 is 4.92 Å². The third kappa shape index (κ3) is 3.92. The highest BCUT2D eigenvalue weighted by atomic mass is 32.2. The first kappa shape index (κ1) is 17.7. The van der Waals surface area contributed by atoms with E-state index in [-0.39, 0.29) is 23.9 Å². The van der Waals surface area contributed by atoms with Crippen LogP contribution in [0.15, 0.2) is 65.2 Å². The van der Waals surface area contributed by atoms with E-state index >= 15 is 0 Å². The molecule has 130 valence electrons. The summed E-state index contributed by atoms with van der Waals surface area (Å²) in [6.07, 6.45) is 0.245. The van der Waals surface area contributed by atoms with Gasteiger partial charge in [-0.3, -0.25) is 14.9 Å². The van der Waals surface area contributed by atoms with Gasteiger partial charge in [-0.2, -0.15) is 5.26 Å². The molecular formula is C19H15N3O3S. The van der Waals surface area contributed by atoms with Crippen molar-refractivity contribution in [1.82, 2.24) is 5.32 Å². The Morgan fingerprint density at radius 1 is 1.19 bits per heavy atom. The summed E-state index contributed by atoms with van der Waals surface area (Å²) in [5.41, 5.74) is 2.39. The second kappa shape index (κ2) is 7.85. The summed E-state index contributed by atoms with van der Waals surface area (Å²) < 4.78 is 0. The van der Waals surface area contributed by atoms with Gasteiger partial charge >= 0.3 is 0 Å². The van der Waals surface area contributed by atoms with Crippen molar-refractivity contribution < 1.29 is 9.72 Å². The van der Waals surface area contributed by atoms with Gasteiger partial charge in [-0.15, -0.1) is 11.8 Å². The number of hydrogen-bond donors (Lipinski definition) is 1. The smallest absolute Gasteiger partial charge is 0.269 e. The van der Waals surface area contributed by atoms with Crippen molar-refractivity contribution in [2.45, 2.75) is 18.1 Å². The standard InChI is InChI=1S/C19H15N3O3S/c20-11-17-16(14-4-2-1-3-5-14)10-18(23)21-19(17)26-12-13-6-8-15(9-7-13)22(24)25/h1-9,16H,10,12H2,(H,21,23)/t16-/m1/s1. The second-order valence-corrected chi connectivity index (χ2v) is 6.77. The Morgan fingerprint density at radius 3 is 2.50 bits per heavy atom. The number of rotatable bonds is 5. The topological polar surface area (TPSA) is 96.0 Å². The van der Waals surface area contributed by atoms with Gasteiger partial charge in [0.1, 0.15) is 0 Å². The van der Waals surface area contributed by atoms with Crippen molar-refractivity contribution in [2.24, 2.45) is 0 Å². The Hall–Kier alpha value is -3.11. The maximum absolute atomic E-state index is 12.1. The average molecular weight is 365 g/mol. The Balaban J connectivity index is 1.82. The van der Waals surface area contributed by atoms with Gasteiger partial charge in [0.15, 0.2) is 0 Å². The highest BCUT2D eigenvalue weighted by Crippen LogP contribution is 2.36. The average Bonchev–Trinajstić information content (AvgIpc) is 2.67. The van der Waals surface area contributed by atoms with Crippen molar-refractivity contribution in [3.63, 3.8) is 0 Å². The highest BCUT2D eigenvalue weighted by Gasteiger charge is 2.29. The minimum absolute atomic E-state index is 0.0331. The van der Waals surface area contributed by atoms with Gasteiger partial charge in [0.2, 0.25) is 5.91 Å². The molecule has 26 heavy (non-hydrogen) atoms. The molecule has 0 bridgehead atoms. The van der Waals surface area contributed by atoms with Crippen LogP contribution >= 0.6 is 11.8 Å². The fourth-order valence-corrected chi connectivity index (χ4v) is 3.81. The summed E-state index contributed by atoms with van der Waals surface area (Å²) in [6.45, 7) is 0. The number of allylic oxidation sites excluding steroid dienone is 1. The van der Waals surface area contributed by atoms with Crippen LogP contribution in [0.4, 0.5) is 5.69 Å². The molecule has 6 nitrogen and oxygen atoms in total. The molecule has 7 heteroatoms. The van der Waals surface area contributed by atoms with Gasteiger partial charge < -0.3 is 5.32 Å². The maximum Gasteiger partial charge on any atom is 0.269 e. The zero-order chi connectivity index (χ0) is 18.5. The number of amides is 1. The summed E-state index contributed by atoms with van der Waals surface area (Å²) in [6, 6.07) is 18.0. The highest BCUT2D eigenvalue weighted by molar-refractivity contribution is 8.02. The molecule has 1 aliphatic rings. The lowest BCUT2D eigenvalue weighted by Crippen LogP contribution is -2.30. The first-order valence-electron chi connectivity index (χ1n) is 7.93. The van der Waals surface area contributed by atoms with Gasteiger partial charge in [-0.25, -0.2) is 0 Å². The molecule has 3 rings (SSSR count). The number of nitrogens with one attached hydrogen (secondary N) is 1. The van der Waals surface area contributed by atoms with Crippen molar-refractivity contribution >= 4 is 23.4 Å². The van der Waals surface area contributed by atoms with E-state index in [4.69, 9.17) is 0 Å². The summed E-state index contributed by atoms with van der Waals surface area (Å²) in [7, 11) is 0. The van der Waals surface area contributed by atoms with E-state index in [1.165, 1.54) is 23.9 Å². The molecule has 1 atom stereocenters. The molecule has 0 unspecified atom stereocenters. The summed E-state index contributed by atoms with van der Waals surface area (Å²) >= 11 is 1.35. The van der Waals surface area contributed by atoms with Crippen molar-refractivity contribution in [3.05, 3.63) is 86.4 Å². The lowest BCUT2D eigenvalue weighted by Gasteiger charge is -2.25. The fourth-order valence-electron chi connectivity index (χ4n) is 2.77. The minimum Gasteiger partial charge on any atom is -0.320 e. The molecule has 0 spiro atoms. The molecule has 1 aliphatic heterocycles. The Kier molecular flexibility index (Phi) is 5.34. The summed E-state index contributed by atoms with van der Waals surface area (Å²) in [5, 5.41) is 23.7. The SMILES string of the molecule is N#CC1=C(SCc2ccc([N+](=O)[O-])cc2)NC(=O)C[C@@H]1c1ccccc1. The van der Waals surface area contributed by atoms with Crippen LogP contribution < -0.4 is 5.32 Å². The van der Waals surface area contributed by atoms with E-state index in [1.54, 1.807) is 12.1 Å². The molecule has 1 heterocycles. The number of nitrogens with zero attached hydrogens (tertiary/aromatic N) is 2. The fraction of sp³-hybridized carbons (Fsp3) is 0.158. The largest absolute Gasteiger partial charge is 0.320 e. The van der Waals surface area contributed by atoms with Crippen LogP contribution in [-0.4, -0.2) is 10.8 Å². The molecular weight excluding hydrogens is 350 g/mol. The van der Waals surface area contributed by atoms with Crippen LogP contribution in [0, 0.1) is 21.4 Å². The monoisotopic (exact) mass is 365 g/mol. The number of nitro benzene ring substituents is 1. The third-order valence-electron chi connectivity index (χ3n) is 4.09. The van der Waals surface area contributed by atoms with Crippen LogP contribution in [0.2, 0.25) is 0 Å². The van der Waals surface area contributed by atoms with E-state index in [0.717, 1.165) is 11.1 Å². The molecule has 0 saturated heterocycles. The van der Waals surface area contributed by atoms with Gasteiger partial charge in [-0.1, -0.05) is 42.5 Å². The number of carbonyl (C=O) groups is 1. The Bertz CT molecular complexity index is 902. The maximum atomic E-state index is 12.1. The van der Waals surface area contributed by atoms with Crippen LogP contribution in [0.25, 0.3) is 0 Å². The van der Waals surface area contributed by atoms with E-state index in [9.17, 15) is 20.2 Å². The Morgan fingerprint density at radius 2 is 1.88 bits per heavy atom. The predicted molar refractivity (Wildman–Crippen MR) is 99.0 cm³/mol. The van der Waals surface area contributed by atoms with Crippen LogP contribution in [-0.2, 0) is 10.5 Å². The number of non-ortho nitro benzene ring substituents is 1. The van der Waals surface area contributed by atoms with Crippen molar-refractivity contribution in [3.8, 4) is 6.07 Å². The zero-order valence-electron chi connectivity index (χ0n) is 13.7. The normalized spacial score (nSPS) is 16.7. The first-order valence-corrected chi connectivity index (χ1v) is 8.92. The molecule has 2 aromatic rings. The number of thioether (sulfide) groups is 1. The minimum atomic E-state index is -0.445. The van der Waals surface area contributed by atoms with E-state index in [0.29, 0.717) is 16.4 Å². The molecule has 1 amide bonds. The Labute approximate surface area is 154 Å². The third-order valence-corrected chi connectivity index (χ3v) is 5.18. The molecule has 0 aromatic heterocycles. The quantitative estimate of drug-likeness (QED) is 0.641. The van der Waals surface area contributed by atoms with Gasteiger partial charge in [-0.05, 0) is 11.1 Å². The summed E-state index contributed by atoms with van der Waals surface area (Å²) in [4.78, 5) is 22.4. The molecule has 1 N–H and O–H groups in total. The number of benzene rings is 2. The molecule has 0 saturated carbocycles. The molecule has 2 aromatic carbocycles. The number of carbonyl (C=O) groups excluding carboxylic acids is 1. The second-order valence-electron chi connectivity index (χ2n) is 5.78. The van der Waals surface area contributed by atoms with Crippen LogP contribution in [0.1, 0.15) is 23.5 Å². The predicted octanol–water partition coefficient (Wildman–Crippen LogP) is 3.87. The van der Waals surface area contributed by atoms with Gasteiger partial charge in [0.05, 0.1) is 21.6 Å². The van der Waals surface area contributed by atoms with Crippen molar-refractivity contribution in [2.75, 3.05) is 0 Å².